The quantitative estimate of drug-likeness (QED) is 0.655. The number of aryl methyl sites for hydroxylation is 2. The largest absolute Gasteiger partial charge is 0.496 e. The molecular formula is C21H21N3O3. The summed E-state index contributed by atoms with van der Waals surface area (Å²) < 4.78 is 12.6. The standard InChI is InChI=1S/C21H21N3O3/c1-6-27-21(25)18-15(11-22)20-23-10-9-13(3)24(20)19(18)17-12(2)7-8-16(26-5)14(17)4/h7-10H,6H2,1-5H3. The summed E-state index contributed by atoms with van der Waals surface area (Å²) in [6.07, 6.45) is 1.63. The predicted octanol–water partition coefficient (Wildman–Crippen LogP) is 3.98. The third-order valence-corrected chi connectivity index (χ3v) is 4.68. The van der Waals surface area contributed by atoms with Crippen LogP contribution < -0.4 is 4.74 Å². The molecule has 6 heteroatoms. The van der Waals surface area contributed by atoms with Gasteiger partial charge < -0.3 is 9.47 Å². The molecule has 0 atom stereocenters. The van der Waals surface area contributed by atoms with Gasteiger partial charge in [0.1, 0.15) is 22.9 Å². The van der Waals surface area contributed by atoms with Gasteiger partial charge in [-0.15, -0.1) is 0 Å². The Balaban J connectivity index is 2.55. The Hall–Kier alpha value is -3.33. The molecule has 0 aliphatic heterocycles. The number of nitrogens with zero attached hydrogens (tertiary/aromatic N) is 3. The Morgan fingerprint density at radius 2 is 2.00 bits per heavy atom. The number of ether oxygens (including phenoxy) is 2. The summed E-state index contributed by atoms with van der Waals surface area (Å²) in [6, 6.07) is 7.82. The molecule has 6 nitrogen and oxygen atoms in total. The molecule has 0 N–H and O–H groups in total. The first-order valence-electron chi connectivity index (χ1n) is 8.68. The maximum atomic E-state index is 12.8. The van der Waals surface area contributed by atoms with Crippen molar-refractivity contribution in [2.24, 2.45) is 0 Å². The zero-order chi connectivity index (χ0) is 19.7. The number of fused-ring (bicyclic) bond motifs is 1. The van der Waals surface area contributed by atoms with Crippen molar-refractivity contribution in [3.8, 4) is 23.1 Å². The van der Waals surface area contributed by atoms with Crippen LogP contribution in [0, 0.1) is 32.1 Å². The van der Waals surface area contributed by atoms with Crippen LogP contribution >= 0.6 is 0 Å². The van der Waals surface area contributed by atoms with E-state index >= 15 is 0 Å². The van der Waals surface area contributed by atoms with Crippen molar-refractivity contribution in [1.29, 1.82) is 5.26 Å². The highest BCUT2D eigenvalue weighted by Crippen LogP contribution is 2.39. The Labute approximate surface area is 158 Å². The van der Waals surface area contributed by atoms with Crippen LogP contribution in [0.1, 0.15) is 39.7 Å². The van der Waals surface area contributed by atoms with Gasteiger partial charge in [-0.25, -0.2) is 9.78 Å². The van der Waals surface area contributed by atoms with Gasteiger partial charge in [-0.3, -0.25) is 4.40 Å². The van der Waals surface area contributed by atoms with E-state index in [9.17, 15) is 10.1 Å². The van der Waals surface area contributed by atoms with Gasteiger partial charge in [0, 0.05) is 23.0 Å². The first-order chi connectivity index (χ1) is 13.0. The van der Waals surface area contributed by atoms with Crippen molar-refractivity contribution in [1.82, 2.24) is 9.38 Å². The minimum Gasteiger partial charge on any atom is -0.496 e. The Morgan fingerprint density at radius 1 is 1.26 bits per heavy atom. The molecule has 0 radical (unpaired) electrons. The van der Waals surface area contributed by atoms with Gasteiger partial charge in [-0.05, 0) is 45.4 Å². The number of esters is 1. The van der Waals surface area contributed by atoms with Gasteiger partial charge in [0.25, 0.3) is 0 Å². The van der Waals surface area contributed by atoms with E-state index in [4.69, 9.17) is 9.47 Å². The number of rotatable bonds is 4. The number of carbonyl (C=O) groups excluding carboxylic acids is 1. The molecule has 0 aliphatic carbocycles. The van der Waals surface area contributed by atoms with E-state index in [0.717, 1.165) is 22.4 Å². The zero-order valence-electron chi connectivity index (χ0n) is 16.1. The second kappa shape index (κ2) is 7.12. The predicted molar refractivity (Wildman–Crippen MR) is 102 cm³/mol. The lowest BCUT2D eigenvalue weighted by Crippen LogP contribution is -2.09. The number of benzene rings is 1. The SMILES string of the molecule is CCOC(=O)c1c(C#N)c2nccc(C)n2c1-c1c(C)ccc(OC)c1C. The van der Waals surface area contributed by atoms with Gasteiger partial charge >= 0.3 is 5.97 Å². The molecule has 0 unspecified atom stereocenters. The average Bonchev–Trinajstić information content (AvgIpc) is 2.97. The normalized spacial score (nSPS) is 10.7. The molecule has 2 heterocycles. The Bertz CT molecular complexity index is 1090. The second-order valence-electron chi connectivity index (χ2n) is 6.26. The number of aromatic nitrogens is 2. The van der Waals surface area contributed by atoms with E-state index in [1.807, 2.05) is 43.4 Å². The molecule has 0 saturated carbocycles. The fourth-order valence-corrected chi connectivity index (χ4v) is 3.47. The van der Waals surface area contributed by atoms with E-state index in [1.165, 1.54) is 0 Å². The lowest BCUT2D eigenvalue weighted by molar-refractivity contribution is 0.0527. The number of methoxy groups -OCH3 is 1. The summed E-state index contributed by atoms with van der Waals surface area (Å²) in [5.74, 6) is 0.177. The summed E-state index contributed by atoms with van der Waals surface area (Å²) >= 11 is 0. The van der Waals surface area contributed by atoms with Crippen molar-refractivity contribution < 1.29 is 14.3 Å². The number of hydrogen-bond donors (Lipinski definition) is 0. The third-order valence-electron chi connectivity index (χ3n) is 4.68. The van der Waals surface area contributed by atoms with E-state index in [-0.39, 0.29) is 17.7 Å². The van der Waals surface area contributed by atoms with Crippen molar-refractivity contribution >= 4 is 11.6 Å². The van der Waals surface area contributed by atoms with Crippen molar-refractivity contribution in [2.75, 3.05) is 13.7 Å². The maximum Gasteiger partial charge on any atom is 0.341 e. The number of nitriles is 1. The molecule has 138 valence electrons. The van der Waals surface area contributed by atoms with Crippen LogP contribution in [0.25, 0.3) is 16.9 Å². The molecule has 0 aliphatic rings. The highest BCUT2D eigenvalue weighted by Gasteiger charge is 2.29. The van der Waals surface area contributed by atoms with Crippen molar-refractivity contribution in [3.63, 3.8) is 0 Å². The van der Waals surface area contributed by atoms with Crippen LogP contribution in [-0.4, -0.2) is 29.1 Å². The lowest BCUT2D eigenvalue weighted by Gasteiger charge is -2.16. The van der Waals surface area contributed by atoms with E-state index in [0.29, 0.717) is 17.1 Å². The van der Waals surface area contributed by atoms with Gasteiger partial charge in [0.2, 0.25) is 0 Å². The van der Waals surface area contributed by atoms with Crippen molar-refractivity contribution in [3.05, 3.63) is 52.3 Å². The van der Waals surface area contributed by atoms with Crippen LogP contribution in [0.15, 0.2) is 24.4 Å². The number of carbonyl (C=O) groups is 1. The summed E-state index contributed by atoms with van der Waals surface area (Å²) in [4.78, 5) is 17.2. The molecule has 2 aromatic heterocycles. The third kappa shape index (κ3) is 2.81. The first kappa shape index (κ1) is 18.5. The minimum atomic E-state index is -0.532. The highest BCUT2D eigenvalue weighted by atomic mass is 16.5. The van der Waals surface area contributed by atoms with E-state index < -0.39 is 5.97 Å². The lowest BCUT2D eigenvalue weighted by atomic mass is 9.95. The fourth-order valence-electron chi connectivity index (χ4n) is 3.47. The molecule has 0 amide bonds. The van der Waals surface area contributed by atoms with Crippen molar-refractivity contribution in [2.45, 2.75) is 27.7 Å². The van der Waals surface area contributed by atoms with Crippen LogP contribution in [-0.2, 0) is 4.74 Å². The maximum absolute atomic E-state index is 12.8. The Morgan fingerprint density at radius 3 is 2.63 bits per heavy atom. The molecule has 3 aromatic rings. The van der Waals surface area contributed by atoms with Crippen LogP contribution in [0.4, 0.5) is 0 Å². The first-order valence-corrected chi connectivity index (χ1v) is 8.68. The van der Waals surface area contributed by atoms with Gasteiger partial charge in [0.05, 0.1) is 19.4 Å². The highest BCUT2D eigenvalue weighted by molar-refractivity contribution is 6.03. The van der Waals surface area contributed by atoms with Crippen LogP contribution in [0.2, 0.25) is 0 Å². The van der Waals surface area contributed by atoms with E-state index in [1.54, 1.807) is 20.2 Å². The summed E-state index contributed by atoms with van der Waals surface area (Å²) in [7, 11) is 1.61. The molecule has 27 heavy (non-hydrogen) atoms. The molecular weight excluding hydrogens is 342 g/mol. The van der Waals surface area contributed by atoms with Crippen LogP contribution in [0.3, 0.4) is 0 Å². The molecule has 0 saturated heterocycles. The fraction of sp³-hybridized carbons (Fsp3) is 0.286. The minimum absolute atomic E-state index is 0.216. The van der Waals surface area contributed by atoms with Gasteiger partial charge in [-0.2, -0.15) is 5.26 Å². The smallest absolute Gasteiger partial charge is 0.341 e. The summed E-state index contributed by atoms with van der Waals surface area (Å²) in [5.41, 5.74) is 5.06. The summed E-state index contributed by atoms with van der Waals surface area (Å²) in [5, 5.41) is 9.79. The number of hydrogen-bond acceptors (Lipinski definition) is 5. The van der Waals surface area contributed by atoms with Gasteiger partial charge in [-0.1, -0.05) is 6.07 Å². The summed E-state index contributed by atoms with van der Waals surface area (Å²) in [6.45, 7) is 7.78. The molecule has 0 fully saturated rings. The molecule has 0 spiro atoms. The average molecular weight is 363 g/mol. The topological polar surface area (TPSA) is 76.6 Å². The molecule has 3 rings (SSSR count). The molecule has 0 bridgehead atoms. The zero-order valence-corrected chi connectivity index (χ0v) is 16.1. The monoisotopic (exact) mass is 363 g/mol. The van der Waals surface area contributed by atoms with E-state index in [2.05, 4.69) is 11.1 Å². The van der Waals surface area contributed by atoms with Crippen LogP contribution in [0.5, 0.6) is 5.75 Å². The Kier molecular flexibility index (Phi) is 4.87. The second-order valence-corrected chi connectivity index (χ2v) is 6.26. The molecule has 1 aromatic carbocycles. The van der Waals surface area contributed by atoms with Gasteiger partial charge in [0.15, 0.2) is 5.65 Å².